The van der Waals surface area contributed by atoms with Crippen molar-refractivity contribution >= 4 is 50.7 Å². The highest BCUT2D eigenvalue weighted by Crippen LogP contribution is 2.30. The average Bonchev–Trinajstić information content (AvgIpc) is 2.92. The van der Waals surface area contributed by atoms with Crippen LogP contribution in [-0.4, -0.2) is 56.6 Å². The molecular formula is C32H39Cl2N3O5S. The molecule has 0 aliphatic carbocycles. The van der Waals surface area contributed by atoms with Crippen LogP contribution in [0.2, 0.25) is 10.0 Å². The van der Waals surface area contributed by atoms with Crippen LogP contribution in [0.25, 0.3) is 0 Å². The fourth-order valence-corrected chi connectivity index (χ4v) is 6.04. The summed E-state index contributed by atoms with van der Waals surface area (Å²) in [5, 5.41) is 3.78. The molecule has 0 saturated carbocycles. The molecule has 8 nitrogen and oxygen atoms in total. The lowest BCUT2D eigenvalue weighted by Gasteiger charge is -2.34. The number of amides is 2. The lowest BCUT2D eigenvalue weighted by Crippen LogP contribution is -2.54. The Morgan fingerprint density at radius 2 is 1.60 bits per heavy atom. The van der Waals surface area contributed by atoms with Gasteiger partial charge in [0.15, 0.2) is 0 Å². The number of sulfonamides is 1. The number of halogens is 2. The first kappa shape index (κ1) is 34.2. The highest BCUT2D eigenvalue weighted by molar-refractivity contribution is 7.92. The van der Waals surface area contributed by atoms with Crippen LogP contribution in [0.1, 0.15) is 44.7 Å². The van der Waals surface area contributed by atoms with E-state index >= 15 is 0 Å². The lowest BCUT2D eigenvalue weighted by molar-refractivity contribution is -0.142. The molecule has 3 aromatic carbocycles. The molecule has 0 aliphatic rings. The number of rotatable bonds is 13. The van der Waals surface area contributed by atoms with E-state index in [9.17, 15) is 18.0 Å². The molecule has 0 saturated heterocycles. The van der Waals surface area contributed by atoms with Gasteiger partial charge < -0.3 is 15.0 Å². The first-order valence-electron chi connectivity index (χ1n) is 13.9. The zero-order valence-corrected chi connectivity index (χ0v) is 27.5. The predicted octanol–water partition coefficient (Wildman–Crippen LogP) is 6.10. The summed E-state index contributed by atoms with van der Waals surface area (Å²) in [7, 11) is -2.22. The van der Waals surface area contributed by atoms with Crippen molar-refractivity contribution in [2.45, 2.75) is 58.2 Å². The second kappa shape index (κ2) is 14.9. The molecular weight excluding hydrogens is 609 g/mol. The summed E-state index contributed by atoms with van der Waals surface area (Å²) in [6.45, 7) is 5.80. The van der Waals surface area contributed by atoms with Crippen LogP contribution in [0, 0.1) is 0 Å². The van der Waals surface area contributed by atoms with Crippen LogP contribution >= 0.6 is 23.2 Å². The second-order valence-electron chi connectivity index (χ2n) is 11.3. The number of ether oxygens (including phenoxy) is 1. The third-order valence-electron chi connectivity index (χ3n) is 6.64. The third-order valence-corrected chi connectivity index (χ3v) is 8.50. The van der Waals surface area contributed by atoms with Gasteiger partial charge in [0.1, 0.15) is 11.8 Å². The number of hydrogen-bond donors (Lipinski definition) is 1. The molecule has 0 spiro atoms. The summed E-state index contributed by atoms with van der Waals surface area (Å²) in [6, 6.07) is 20.6. The van der Waals surface area contributed by atoms with E-state index in [0.29, 0.717) is 28.4 Å². The summed E-state index contributed by atoms with van der Waals surface area (Å²) in [6.07, 6.45) is 1.59. The molecule has 0 aliphatic heterocycles. The number of nitrogens with one attached hydrogen (secondary N) is 1. The normalized spacial score (nSPS) is 12.3. The van der Waals surface area contributed by atoms with E-state index in [1.54, 1.807) is 29.2 Å². The van der Waals surface area contributed by atoms with Crippen molar-refractivity contribution in [3.63, 3.8) is 0 Å². The summed E-state index contributed by atoms with van der Waals surface area (Å²) >= 11 is 12.8. The van der Waals surface area contributed by atoms with Crippen LogP contribution in [0.3, 0.4) is 0 Å². The van der Waals surface area contributed by atoms with Crippen molar-refractivity contribution in [1.82, 2.24) is 10.2 Å². The number of benzene rings is 3. The minimum absolute atomic E-state index is 0.00551. The number of anilines is 1. The molecule has 0 radical (unpaired) electrons. The van der Waals surface area contributed by atoms with E-state index in [4.69, 9.17) is 27.9 Å². The van der Waals surface area contributed by atoms with Crippen molar-refractivity contribution in [3.05, 3.63) is 94.0 Å². The van der Waals surface area contributed by atoms with Gasteiger partial charge in [-0.05, 0) is 62.6 Å². The maximum atomic E-state index is 14.0. The lowest BCUT2D eigenvalue weighted by atomic mass is 10.00. The summed E-state index contributed by atoms with van der Waals surface area (Å²) in [5.74, 6) is -0.171. The van der Waals surface area contributed by atoms with Gasteiger partial charge in [0.25, 0.3) is 0 Å². The summed E-state index contributed by atoms with van der Waals surface area (Å²) in [5.41, 5.74) is 1.43. The Bertz CT molecular complexity index is 1510. The molecule has 0 unspecified atom stereocenters. The Morgan fingerprint density at radius 3 is 2.19 bits per heavy atom. The molecule has 3 aromatic rings. The number of hydrogen-bond acceptors (Lipinski definition) is 5. The molecule has 1 atom stereocenters. The van der Waals surface area contributed by atoms with Crippen molar-refractivity contribution in [3.8, 4) is 5.75 Å². The number of carbonyl (C=O) groups excluding carboxylic acids is 2. The van der Waals surface area contributed by atoms with Crippen LogP contribution in [0.4, 0.5) is 5.69 Å². The second-order valence-corrected chi connectivity index (χ2v) is 14.0. The SMILES string of the molecule is COc1ccc(N(CCCC(=O)N(Cc2ccccc2Cl)[C@H](Cc2ccccc2)C(=O)NC(C)(C)C)S(C)(=O)=O)cc1Cl. The topological polar surface area (TPSA) is 96.0 Å². The quantitative estimate of drug-likeness (QED) is 0.242. The third kappa shape index (κ3) is 10.2. The standard InChI is InChI=1S/C32H39Cl2N3O5S/c1-32(2,3)35-31(39)28(20-23-12-7-6-8-13-23)36(22-24-14-9-10-15-26(24)33)30(38)16-11-19-37(43(5,40)41)25-17-18-29(42-4)27(34)21-25/h6-10,12-15,17-18,21,28H,11,16,19-20,22H2,1-5H3,(H,35,39)/t28-/m1/s1. The number of methoxy groups -OCH3 is 1. The fourth-order valence-electron chi connectivity index (χ4n) is 4.63. The van der Waals surface area contributed by atoms with Crippen LogP contribution < -0.4 is 14.4 Å². The van der Waals surface area contributed by atoms with Gasteiger partial charge in [0, 0.05) is 36.5 Å². The van der Waals surface area contributed by atoms with Gasteiger partial charge in [0.05, 0.1) is 24.1 Å². The highest BCUT2D eigenvalue weighted by atomic mass is 35.5. The van der Waals surface area contributed by atoms with Crippen LogP contribution in [0.5, 0.6) is 5.75 Å². The minimum Gasteiger partial charge on any atom is -0.495 e. The molecule has 1 N–H and O–H groups in total. The molecule has 11 heteroatoms. The minimum atomic E-state index is -3.69. The van der Waals surface area contributed by atoms with Crippen molar-refractivity contribution in [2.75, 3.05) is 24.2 Å². The van der Waals surface area contributed by atoms with Gasteiger partial charge in [-0.15, -0.1) is 0 Å². The fraction of sp³-hybridized carbons (Fsp3) is 0.375. The van der Waals surface area contributed by atoms with E-state index in [1.807, 2.05) is 63.2 Å². The summed E-state index contributed by atoms with van der Waals surface area (Å²) < 4.78 is 31.8. The Hall–Kier alpha value is -3.27. The summed E-state index contributed by atoms with van der Waals surface area (Å²) in [4.78, 5) is 29.2. The van der Waals surface area contributed by atoms with E-state index in [-0.39, 0.29) is 42.8 Å². The number of nitrogens with zero attached hydrogens (tertiary/aromatic N) is 2. The van der Waals surface area contributed by atoms with Crippen molar-refractivity contribution < 1.29 is 22.7 Å². The molecule has 0 aromatic heterocycles. The molecule has 0 fully saturated rings. The molecule has 232 valence electrons. The van der Waals surface area contributed by atoms with Gasteiger partial charge in [-0.25, -0.2) is 8.42 Å². The molecule has 0 heterocycles. The van der Waals surface area contributed by atoms with Gasteiger partial charge >= 0.3 is 0 Å². The highest BCUT2D eigenvalue weighted by Gasteiger charge is 2.32. The van der Waals surface area contributed by atoms with E-state index < -0.39 is 21.6 Å². The largest absolute Gasteiger partial charge is 0.495 e. The zero-order chi connectivity index (χ0) is 31.8. The Kier molecular flexibility index (Phi) is 11.9. The average molecular weight is 649 g/mol. The first-order valence-corrected chi connectivity index (χ1v) is 16.5. The van der Waals surface area contributed by atoms with Gasteiger partial charge in [-0.3, -0.25) is 13.9 Å². The predicted molar refractivity (Wildman–Crippen MR) is 173 cm³/mol. The molecule has 3 rings (SSSR count). The Morgan fingerprint density at radius 1 is 0.953 bits per heavy atom. The van der Waals surface area contributed by atoms with Crippen molar-refractivity contribution in [2.24, 2.45) is 0 Å². The smallest absolute Gasteiger partial charge is 0.243 e. The maximum absolute atomic E-state index is 14.0. The number of carbonyl (C=O) groups is 2. The monoisotopic (exact) mass is 647 g/mol. The van der Waals surface area contributed by atoms with Crippen molar-refractivity contribution in [1.29, 1.82) is 0 Å². The van der Waals surface area contributed by atoms with E-state index in [2.05, 4.69) is 5.32 Å². The van der Waals surface area contributed by atoms with E-state index in [1.165, 1.54) is 17.5 Å². The zero-order valence-electron chi connectivity index (χ0n) is 25.1. The molecule has 0 bridgehead atoms. The molecule has 2 amide bonds. The maximum Gasteiger partial charge on any atom is 0.243 e. The van der Waals surface area contributed by atoms with Gasteiger partial charge in [-0.2, -0.15) is 0 Å². The van der Waals surface area contributed by atoms with Crippen LogP contribution in [0.15, 0.2) is 72.8 Å². The first-order chi connectivity index (χ1) is 20.2. The Labute approximate surface area is 265 Å². The van der Waals surface area contributed by atoms with Crippen LogP contribution in [-0.2, 0) is 32.6 Å². The Balaban J connectivity index is 1.91. The molecule has 43 heavy (non-hydrogen) atoms. The van der Waals surface area contributed by atoms with Gasteiger partial charge in [0.2, 0.25) is 21.8 Å². The van der Waals surface area contributed by atoms with Gasteiger partial charge in [-0.1, -0.05) is 71.7 Å². The van der Waals surface area contributed by atoms with E-state index in [0.717, 1.165) is 11.8 Å².